The number of ether oxygens (including phenoxy) is 2. The molecule has 6 nitrogen and oxygen atoms in total. The van der Waals surface area contributed by atoms with Crippen LogP contribution in [0.25, 0.3) is 0 Å². The highest BCUT2D eigenvalue weighted by atomic mass is 16.7. The lowest BCUT2D eigenvalue weighted by molar-refractivity contribution is -0.117. The van der Waals surface area contributed by atoms with Gasteiger partial charge in [-0.3, -0.25) is 20.4 Å². The van der Waals surface area contributed by atoms with Crippen LogP contribution in [0.3, 0.4) is 0 Å². The van der Waals surface area contributed by atoms with Gasteiger partial charge < -0.3 is 9.47 Å². The summed E-state index contributed by atoms with van der Waals surface area (Å²) in [7, 11) is 0. The van der Waals surface area contributed by atoms with Gasteiger partial charge in [0, 0.05) is 11.6 Å². The molecule has 1 aliphatic heterocycles. The first kappa shape index (κ1) is 12.9. The molecule has 0 spiro atoms. The molecule has 1 heterocycles. The van der Waals surface area contributed by atoms with Gasteiger partial charge in [-0.1, -0.05) is 5.57 Å². The van der Waals surface area contributed by atoms with Gasteiger partial charge in [0.2, 0.25) is 6.79 Å². The predicted octanol–water partition coefficient (Wildman–Crippen LogP) is 1.14. The van der Waals surface area contributed by atoms with Crippen molar-refractivity contribution in [3.05, 3.63) is 35.4 Å². The van der Waals surface area contributed by atoms with Crippen LogP contribution in [-0.4, -0.2) is 18.6 Å². The maximum Gasteiger partial charge on any atom is 0.269 e. The van der Waals surface area contributed by atoms with Gasteiger partial charge >= 0.3 is 0 Å². The molecule has 0 aliphatic carbocycles. The maximum absolute atomic E-state index is 11.8. The van der Waals surface area contributed by atoms with Gasteiger partial charge in [-0.25, -0.2) is 0 Å². The molecule has 6 heteroatoms. The number of hydrazine groups is 1. The third-order valence-electron chi connectivity index (χ3n) is 2.35. The second-order valence-electron chi connectivity index (χ2n) is 4.23. The van der Waals surface area contributed by atoms with Crippen LogP contribution in [-0.2, 0) is 4.79 Å². The van der Waals surface area contributed by atoms with Crippen LogP contribution in [0, 0.1) is 0 Å². The fraction of sp³-hybridized carbons (Fsp3) is 0.231. The van der Waals surface area contributed by atoms with Gasteiger partial charge in [0.05, 0.1) is 0 Å². The lowest BCUT2D eigenvalue weighted by atomic mass is 10.2. The normalized spacial score (nSPS) is 11.7. The maximum atomic E-state index is 11.8. The fourth-order valence-corrected chi connectivity index (χ4v) is 1.53. The number of nitrogens with one attached hydrogen (secondary N) is 2. The molecular weight excluding hydrogens is 248 g/mol. The van der Waals surface area contributed by atoms with E-state index < -0.39 is 5.91 Å². The topological polar surface area (TPSA) is 76.7 Å². The summed E-state index contributed by atoms with van der Waals surface area (Å²) in [4.78, 5) is 23.1. The van der Waals surface area contributed by atoms with E-state index in [0.717, 1.165) is 5.57 Å². The van der Waals surface area contributed by atoms with Crippen LogP contribution < -0.4 is 20.3 Å². The largest absolute Gasteiger partial charge is 0.454 e. The Labute approximate surface area is 110 Å². The molecule has 2 amide bonds. The van der Waals surface area contributed by atoms with Crippen molar-refractivity contribution in [1.82, 2.24) is 10.9 Å². The summed E-state index contributed by atoms with van der Waals surface area (Å²) in [5.74, 6) is 0.316. The second-order valence-corrected chi connectivity index (χ2v) is 4.23. The SMILES string of the molecule is CC(C)=CC(=O)NNC(=O)c1ccc2c(c1)OCO2. The van der Waals surface area contributed by atoms with Crippen LogP contribution in [0.15, 0.2) is 29.8 Å². The van der Waals surface area contributed by atoms with E-state index in [1.54, 1.807) is 32.0 Å². The van der Waals surface area contributed by atoms with E-state index in [1.807, 2.05) is 0 Å². The Morgan fingerprint density at radius 3 is 2.63 bits per heavy atom. The molecular formula is C13H14N2O4. The third kappa shape index (κ3) is 3.25. The van der Waals surface area contributed by atoms with E-state index in [4.69, 9.17) is 9.47 Å². The van der Waals surface area contributed by atoms with Crippen LogP contribution in [0.5, 0.6) is 11.5 Å². The molecule has 1 aromatic rings. The third-order valence-corrected chi connectivity index (χ3v) is 2.35. The van der Waals surface area contributed by atoms with Crippen molar-refractivity contribution in [2.45, 2.75) is 13.8 Å². The quantitative estimate of drug-likeness (QED) is 0.619. The molecule has 0 fully saturated rings. The molecule has 2 rings (SSSR count). The predicted molar refractivity (Wildman–Crippen MR) is 67.6 cm³/mol. The first-order valence-electron chi connectivity index (χ1n) is 5.71. The number of fused-ring (bicyclic) bond motifs is 1. The minimum atomic E-state index is -0.422. The zero-order chi connectivity index (χ0) is 13.8. The molecule has 0 atom stereocenters. The minimum absolute atomic E-state index is 0.151. The van der Waals surface area contributed by atoms with E-state index in [0.29, 0.717) is 17.1 Å². The zero-order valence-corrected chi connectivity index (χ0v) is 10.6. The number of rotatable bonds is 2. The highest BCUT2D eigenvalue weighted by molar-refractivity contribution is 5.97. The first-order chi connectivity index (χ1) is 9.06. The van der Waals surface area contributed by atoms with E-state index >= 15 is 0 Å². The molecule has 0 bridgehead atoms. The number of amides is 2. The van der Waals surface area contributed by atoms with Crippen molar-refractivity contribution in [2.75, 3.05) is 6.79 Å². The van der Waals surface area contributed by atoms with E-state index in [1.165, 1.54) is 6.08 Å². The van der Waals surface area contributed by atoms with Gasteiger partial charge in [-0.05, 0) is 32.0 Å². The Hall–Kier alpha value is -2.50. The average Bonchev–Trinajstić information content (AvgIpc) is 2.82. The standard InChI is InChI=1S/C13H14N2O4/c1-8(2)5-12(16)14-15-13(17)9-3-4-10-11(6-9)19-7-18-10/h3-6H,7H2,1-2H3,(H,14,16)(H,15,17). The molecule has 100 valence electrons. The monoisotopic (exact) mass is 262 g/mol. The number of hydrogen-bond donors (Lipinski definition) is 2. The van der Waals surface area contributed by atoms with E-state index in [-0.39, 0.29) is 12.7 Å². The fourth-order valence-electron chi connectivity index (χ4n) is 1.53. The Balaban J connectivity index is 1.97. The highest BCUT2D eigenvalue weighted by Crippen LogP contribution is 2.32. The summed E-state index contributed by atoms with van der Waals surface area (Å²) >= 11 is 0. The molecule has 1 aliphatic rings. The summed E-state index contributed by atoms with van der Waals surface area (Å²) < 4.78 is 10.3. The average molecular weight is 262 g/mol. The van der Waals surface area contributed by atoms with E-state index in [2.05, 4.69) is 10.9 Å². The summed E-state index contributed by atoms with van der Waals surface area (Å²) in [5.41, 5.74) is 5.83. The zero-order valence-electron chi connectivity index (χ0n) is 10.6. The van der Waals surface area contributed by atoms with Crippen LogP contribution in [0.2, 0.25) is 0 Å². The Morgan fingerprint density at radius 1 is 1.16 bits per heavy atom. The van der Waals surface area contributed by atoms with Gasteiger partial charge in [0.15, 0.2) is 11.5 Å². The van der Waals surface area contributed by atoms with Crippen LogP contribution >= 0.6 is 0 Å². The molecule has 19 heavy (non-hydrogen) atoms. The number of benzene rings is 1. The van der Waals surface area contributed by atoms with E-state index in [9.17, 15) is 9.59 Å². The Bertz CT molecular complexity index is 548. The second kappa shape index (κ2) is 5.43. The Kier molecular flexibility index (Phi) is 3.70. The number of allylic oxidation sites excluding steroid dienone is 1. The number of hydrogen-bond acceptors (Lipinski definition) is 4. The molecule has 0 unspecified atom stereocenters. The van der Waals surface area contributed by atoms with Crippen molar-refractivity contribution in [3.8, 4) is 11.5 Å². The molecule has 2 N–H and O–H groups in total. The minimum Gasteiger partial charge on any atom is -0.454 e. The highest BCUT2D eigenvalue weighted by Gasteiger charge is 2.16. The van der Waals surface area contributed by atoms with Crippen LogP contribution in [0.1, 0.15) is 24.2 Å². The molecule has 0 radical (unpaired) electrons. The number of carbonyl (C=O) groups excluding carboxylic acids is 2. The molecule has 1 aromatic carbocycles. The number of carbonyl (C=O) groups is 2. The first-order valence-corrected chi connectivity index (χ1v) is 5.71. The molecule has 0 saturated heterocycles. The summed E-state index contributed by atoms with van der Waals surface area (Å²) in [6.45, 7) is 3.73. The molecule has 0 saturated carbocycles. The lowest BCUT2D eigenvalue weighted by Crippen LogP contribution is -2.40. The lowest BCUT2D eigenvalue weighted by Gasteiger charge is -2.06. The Morgan fingerprint density at radius 2 is 1.89 bits per heavy atom. The van der Waals surface area contributed by atoms with Crippen molar-refractivity contribution in [3.63, 3.8) is 0 Å². The summed E-state index contributed by atoms with van der Waals surface area (Å²) in [6, 6.07) is 4.80. The van der Waals surface area contributed by atoms with Crippen molar-refractivity contribution < 1.29 is 19.1 Å². The van der Waals surface area contributed by atoms with Crippen molar-refractivity contribution in [2.24, 2.45) is 0 Å². The smallest absolute Gasteiger partial charge is 0.269 e. The van der Waals surface area contributed by atoms with Gasteiger partial charge in [0.25, 0.3) is 11.8 Å². The summed E-state index contributed by atoms with van der Waals surface area (Å²) in [6.07, 6.45) is 1.39. The van der Waals surface area contributed by atoms with Crippen molar-refractivity contribution in [1.29, 1.82) is 0 Å². The van der Waals surface area contributed by atoms with Gasteiger partial charge in [-0.15, -0.1) is 0 Å². The molecule has 0 aromatic heterocycles. The summed E-state index contributed by atoms with van der Waals surface area (Å²) in [5, 5.41) is 0. The van der Waals surface area contributed by atoms with Crippen LogP contribution in [0.4, 0.5) is 0 Å². The van der Waals surface area contributed by atoms with Crippen molar-refractivity contribution >= 4 is 11.8 Å². The van der Waals surface area contributed by atoms with Gasteiger partial charge in [0.1, 0.15) is 0 Å². The van der Waals surface area contributed by atoms with Gasteiger partial charge in [-0.2, -0.15) is 0 Å².